The molecule has 1 aromatic rings. The van der Waals surface area contributed by atoms with E-state index in [2.05, 4.69) is 10.1 Å². The van der Waals surface area contributed by atoms with Crippen molar-refractivity contribution >= 4 is 24.0 Å². The van der Waals surface area contributed by atoms with Crippen molar-refractivity contribution in [3.05, 3.63) is 23.8 Å². The van der Waals surface area contributed by atoms with E-state index in [0.717, 1.165) is 36.6 Å². The maximum absolute atomic E-state index is 12.3. The highest BCUT2D eigenvalue weighted by Crippen LogP contribution is 2.31. The van der Waals surface area contributed by atoms with E-state index in [-0.39, 0.29) is 24.1 Å². The zero-order chi connectivity index (χ0) is 15.5. The summed E-state index contributed by atoms with van der Waals surface area (Å²) >= 11 is 0. The van der Waals surface area contributed by atoms with Gasteiger partial charge in [-0.2, -0.15) is 8.78 Å². The Labute approximate surface area is 140 Å². The molecule has 0 radical (unpaired) electrons. The number of hydrogen-bond donors (Lipinski definition) is 1. The van der Waals surface area contributed by atoms with Crippen LogP contribution in [-0.2, 0) is 11.2 Å². The third-order valence-electron chi connectivity index (χ3n) is 4.10. The lowest BCUT2D eigenvalue weighted by Crippen LogP contribution is -2.41. The number of ether oxygens (including phenoxy) is 1. The number of fused-ring (bicyclic) bond motifs is 1. The second kappa shape index (κ2) is 7.93. The quantitative estimate of drug-likeness (QED) is 0.861. The van der Waals surface area contributed by atoms with E-state index in [1.54, 1.807) is 17.0 Å². The largest absolute Gasteiger partial charge is 0.435 e. The van der Waals surface area contributed by atoms with E-state index in [1.165, 1.54) is 18.9 Å². The molecule has 4 nitrogen and oxygen atoms in total. The van der Waals surface area contributed by atoms with Gasteiger partial charge in [0.15, 0.2) is 0 Å². The van der Waals surface area contributed by atoms with Crippen LogP contribution in [0.15, 0.2) is 18.2 Å². The fraction of sp³-hybridized carbons (Fsp3) is 0.562. The number of carbonyl (C=O) groups excluding carboxylic acids is 1. The lowest BCUT2D eigenvalue weighted by Gasteiger charge is -2.30. The van der Waals surface area contributed by atoms with Crippen molar-refractivity contribution in [3.63, 3.8) is 0 Å². The molecule has 0 atom stereocenters. The molecule has 23 heavy (non-hydrogen) atoms. The van der Waals surface area contributed by atoms with E-state index >= 15 is 0 Å². The van der Waals surface area contributed by atoms with Gasteiger partial charge >= 0.3 is 6.61 Å². The SMILES string of the molecule is Cl.O=C(CNCC1CC1)N1CCCc2cc(OC(F)F)ccc21. The summed E-state index contributed by atoms with van der Waals surface area (Å²) in [6, 6.07) is 4.80. The van der Waals surface area contributed by atoms with Gasteiger partial charge in [0, 0.05) is 12.2 Å². The number of carbonyl (C=O) groups is 1. The van der Waals surface area contributed by atoms with Gasteiger partial charge in [0.1, 0.15) is 5.75 Å². The Balaban J connectivity index is 0.00000192. The molecule has 7 heteroatoms. The molecular weight excluding hydrogens is 326 g/mol. The molecule has 0 spiro atoms. The van der Waals surface area contributed by atoms with Gasteiger partial charge in [-0.15, -0.1) is 12.4 Å². The summed E-state index contributed by atoms with van der Waals surface area (Å²) in [7, 11) is 0. The van der Waals surface area contributed by atoms with Crippen LogP contribution in [-0.4, -0.2) is 32.2 Å². The lowest BCUT2D eigenvalue weighted by atomic mass is 10.0. The highest BCUT2D eigenvalue weighted by Gasteiger charge is 2.24. The first-order chi connectivity index (χ1) is 10.6. The van der Waals surface area contributed by atoms with Crippen LogP contribution in [0.2, 0.25) is 0 Å². The summed E-state index contributed by atoms with van der Waals surface area (Å²) in [4.78, 5) is 14.1. The van der Waals surface area contributed by atoms with Crippen molar-refractivity contribution in [2.75, 3.05) is 24.5 Å². The summed E-state index contributed by atoms with van der Waals surface area (Å²) in [5, 5.41) is 3.20. The van der Waals surface area contributed by atoms with Gasteiger partial charge in [-0.25, -0.2) is 0 Å². The average Bonchev–Trinajstić information content (AvgIpc) is 3.30. The topological polar surface area (TPSA) is 41.6 Å². The van der Waals surface area contributed by atoms with Gasteiger partial charge < -0.3 is 15.0 Å². The van der Waals surface area contributed by atoms with Crippen LogP contribution in [0.25, 0.3) is 0 Å². The Morgan fingerprint density at radius 3 is 2.87 bits per heavy atom. The summed E-state index contributed by atoms with van der Waals surface area (Å²) in [6.45, 7) is -0.934. The Morgan fingerprint density at radius 2 is 2.17 bits per heavy atom. The summed E-state index contributed by atoms with van der Waals surface area (Å²) in [6.07, 6.45) is 4.11. The first kappa shape index (κ1) is 17.9. The van der Waals surface area contributed by atoms with E-state index in [9.17, 15) is 13.6 Å². The van der Waals surface area contributed by atoms with Gasteiger partial charge in [0.2, 0.25) is 5.91 Å². The predicted octanol–water partition coefficient (Wildman–Crippen LogP) is 2.99. The van der Waals surface area contributed by atoms with Crippen molar-refractivity contribution in [2.24, 2.45) is 5.92 Å². The monoisotopic (exact) mass is 346 g/mol. The number of aryl methyl sites for hydroxylation is 1. The number of benzene rings is 1. The summed E-state index contributed by atoms with van der Waals surface area (Å²) < 4.78 is 29.0. The normalized spacial score (nSPS) is 16.7. The van der Waals surface area contributed by atoms with Gasteiger partial charge in [0.25, 0.3) is 0 Å². The maximum atomic E-state index is 12.3. The first-order valence-electron chi connectivity index (χ1n) is 7.72. The van der Waals surface area contributed by atoms with Gasteiger partial charge in [-0.3, -0.25) is 4.79 Å². The molecule has 3 rings (SSSR count). The fourth-order valence-electron chi connectivity index (χ4n) is 2.81. The number of anilines is 1. The van der Waals surface area contributed by atoms with Crippen molar-refractivity contribution in [1.29, 1.82) is 0 Å². The smallest absolute Gasteiger partial charge is 0.387 e. The Morgan fingerprint density at radius 1 is 1.39 bits per heavy atom. The molecule has 2 aliphatic rings. The molecule has 1 heterocycles. The molecule has 0 unspecified atom stereocenters. The van der Waals surface area contributed by atoms with Crippen molar-refractivity contribution in [2.45, 2.75) is 32.3 Å². The van der Waals surface area contributed by atoms with Gasteiger partial charge in [-0.05, 0) is 61.9 Å². The minimum atomic E-state index is -2.83. The van der Waals surface area contributed by atoms with Crippen molar-refractivity contribution < 1.29 is 18.3 Å². The van der Waals surface area contributed by atoms with Gasteiger partial charge in [0.05, 0.1) is 6.54 Å². The molecule has 1 saturated carbocycles. The molecule has 1 fully saturated rings. The minimum Gasteiger partial charge on any atom is -0.435 e. The van der Waals surface area contributed by atoms with Crippen LogP contribution in [0.4, 0.5) is 14.5 Å². The molecule has 0 saturated heterocycles. The van der Waals surface area contributed by atoms with E-state index < -0.39 is 6.61 Å². The average molecular weight is 347 g/mol. The lowest BCUT2D eigenvalue weighted by molar-refractivity contribution is -0.117. The summed E-state index contributed by atoms with van der Waals surface area (Å²) in [5.74, 6) is 0.912. The van der Waals surface area contributed by atoms with Gasteiger partial charge in [-0.1, -0.05) is 0 Å². The highest BCUT2D eigenvalue weighted by molar-refractivity contribution is 5.96. The second-order valence-electron chi connectivity index (χ2n) is 5.89. The molecule has 0 aromatic heterocycles. The molecule has 1 aliphatic heterocycles. The number of alkyl halides is 2. The number of amides is 1. The molecule has 1 aliphatic carbocycles. The van der Waals surface area contributed by atoms with Crippen LogP contribution in [0.1, 0.15) is 24.8 Å². The second-order valence-corrected chi connectivity index (χ2v) is 5.89. The standard InChI is InChI=1S/C16H20F2N2O2.ClH/c17-16(18)22-13-5-6-14-12(8-13)2-1-7-20(14)15(21)10-19-9-11-3-4-11;/h5-6,8,11,16,19H,1-4,7,9-10H2;1H. The third-order valence-corrected chi connectivity index (χ3v) is 4.10. The molecule has 1 aromatic carbocycles. The molecule has 1 amide bonds. The Hall–Kier alpha value is -1.40. The molecule has 0 bridgehead atoms. The molecule has 1 N–H and O–H groups in total. The van der Waals surface area contributed by atoms with Crippen LogP contribution >= 0.6 is 12.4 Å². The van der Waals surface area contributed by atoms with Crippen molar-refractivity contribution in [3.8, 4) is 5.75 Å². The minimum absolute atomic E-state index is 0. The Bertz CT molecular complexity index is 553. The van der Waals surface area contributed by atoms with Crippen LogP contribution in [0.3, 0.4) is 0 Å². The highest BCUT2D eigenvalue weighted by atomic mass is 35.5. The Kier molecular flexibility index (Phi) is 6.18. The number of halogens is 3. The summed E-state index contributed by atoms with van der Waals surface area (Å²) in [5.41, 5.74) is 1.70. The van der Waals surface area contributed by atoms with E-state index in [0.29, 0.717) is 13.1 Å². The first-order valence-corrected chi connectivity index (χ1v) is 7.72. The predicted molar refractivity (Wildman–Crippen MR) is 86.6 cm³/mol. The maximum Gasteiger partial charge on any atom is 0.387 e. The van der Waals surface area contributed by atoms with Crippen LogP contribution in [0, 0.1) is 5.92 Å². The van der Waals surface area contributed by atoms with E-state index in [4.69, 9.17) is 0 Å². The zero-order valence-corrected chi connectivity index (χ0v) is 13.6. The van der Waals surface area contributed by atoms with Crippen LogP contribution < -0.4 is 15.0 Å². The number of hydrogen-bond acceptors (Lipinski definition) is 3. The zero-order valence-electron chi connectivity index (χ0n) is 12.8. The van der Waals surface area contributed by atoms with E-state index in [1.807, 2.05) is 0 Å². The van der Waals surface area contributed by atoms with Crippen LogP contribution in [0.5, 0.6) is 5.75 Å². The molecule has 128 valence electrons. The molecular formula is C16H21ClF2N2O2. The number of rotatable bonds is 6. The van der Waals surface area contributed by atoms with Crippen molar-refractivity contribution in [1.82, 2.24) is 5.32 Å². The number of nitrogens with one attached hydrogen (secondary N) is 1. The number of nitrogens with zero attached hydrogens (tertiary/aromatic N) is 1. The third kappa shape index (κ3) is 4.78. The fourth-order valence-corrected chi connectivity index (χ4v) is 2.81.